The van der Waals surface area contributed by atoms with Crippen molar-refractivity contribution in [2.45, 2.75) is 66.2 Å². The van der Waals surface area contributed by atoms with Gasteiger partial charge in [0.2, 0.25) is 0 Å². The van der Waals surface area contributed by atoms with Crippen LogP contribution in [0.25, 0.3) is 11.0 Å². The Labute approximate surface area is 181 Å². The van der Waals surface area contributed by atoms with E-state index in [9.17, 15) is 9.90 Å². The van der Waals surface area contributed by atoms with Gasteiger partial charge in [-0.2, -0.15) is 0 Å². The number of aryl methyl sites for hydroxylation is 1. The molecule has 30 heavy (non-hydrogen) atoms. The molecule has 0 radical (unpaired) electrons. The Morgan fingerprint density at radius 1 is 1.27 bits per heavy atom. The summed E-state index contributed by atoms with van der Waals surface area (Å²) < 4.78 is 8.12. The number of aromatic carboxylic acids is 1. The van der Waals surface area contributed by atoms with Gasteiger partial charge in [0.15, 0.2) is 0 Å². The number of likely N-dealkylation sites (tertiary alicyclic amines) is 1. The van der Waals surface area contributed by atoms with Crippen LogP contribution < -0.4 is 0 Å². The maximum absolute atomic E-state index is 11.7. The monoisotopic (exact) mass is 431 g/mol. The van der Waals surface area contributed by atoms with Crippen molar-refractivity contribution in [3.05, 3.63) is 29.1 Å². The lowest BCUT2D eigenvalue weighted by Gasteiger charge is -2.35. The number of carboxylic acid groups (broad SMARTS) is 1. The van der Waals surface area contributed by atoms with E-state index >= 15 is 0 Å². The number of rotatable bonds is 8. The van der Waals surface area contributed by atoms with Crippen LogP contribution in [-0.2, 0) is 18.0 Å². The summed E-state index contributed by atoms with van der Waals surface area (Å²) in [4.78, 5) is 18.6. The summed E-state index contributed by atoms with van der Waals surface area (Å²) in [5.74, 6) is 0.337. The van der Waals surface area contributed by atoms with E-state index in [0.717, 1.165) is 54.4 Å². The molecule has 1 saturated heterocycles. The maximum Gasteiger partial charge on any atom is 0.354 e. The molecule has 1 fully saturated rings. The lowest BCUT2D eigenvalue weighted by atomic mass is 9.91. The number of piperidine rings is 1. The summed E-state index contributed by atoms with van der Waals surface area (Å²) in [5, 5.41) is 9.60. The van der Waals surface area contributed by atoms with Crippen molar-refractivity contribution >= 4 is 25.1 Å². The minimum atomic E-state index is -1.14. The van der Waals surface area contributed by atoms with Crippen LogP contribution in [0, 0.1) is 18.8 Å². The normalized spacial score (nSPS) is 20.7. The van der Waals surface area contributed by atoms with E-state index in [1.807, 2.05) is 13.1 Å². The van der Waals surface area contributed by atoms with E-state index in [1.165, 1.54) is 6.42 Å². The predicted molar refractivity (Wildman–Crippen MR) is 124 cm³/mol. The first kappa shape index (κ1) is 23.0. The van der Waals surface area contributed by atoms with Gasteiger partial charge < -0.3 is 14.4 Å². The molecule has 3 rings (SSSR count). The molecule has 6 nitrogen and oxygen atoms in total. The first-order chi connectivity index (χ1) is 14.0. The number of nitrogens with zero attached hydrogens (tertiary/aromatic N) is 3. The predicted octanol–water partition coefficient (Wildman–Crippen LogP) is 4.83. The number of carboxylic acids is 1. The van der Waals surface area contributed by atoms with Gasteiger partial charge in [0.25, 0.3) is 0 Å². The molecule has 1 aliphatic rings. The Morgan fingerprint density at radius 3 is 2.53 bits per heavy atom. The van der Waals surface area contributed by atoms with Gasteiger partial charge >= 0.3 is 5.97 Å². The van der Waals surface area contributed by atoms with Gasteiger partial charge in [-0.3, -0.25) is 4.90 Å². The molecule has 0 unspecified atom stereocenters. The van der Waals surface area contributed by atoms with Crippen molar-refractivity contribution in [1.29, 1.82) is 0 Å². The minimum absolute atomic E-state index is 0.121. The molecule has 1 N–H and O–H groups in total. The lowest BCUT2D eigenvalue weighted by molar-refractivity contribution is 0.0690. The highest BCUT2D eigenvalue weighted by molar-refractivity contribution is 6.76. The quantitative estimate of drug-likeness (QED) is 0.479. The molecule has 0 saturated carbocycles. The fourth-order valence-corrected chi connectivity index (χ4v) is 5.34. The average Bonchev–Trinajstić information content (AvgIpc) is 2.93. The van der Waals surface area contributed by atoms with Crippen LogP contribution in [0.4, 0.5) is 0 Å². The van der Waals surface area contributed by atoms with Crippen molar-refractivity contribution < 1.29 is 14.6 Å². The first-order valence-electron chi connectivity index (χ1n) is 11.1. The van der Waals surface area contributed by atoms with Gasteiger partial charge in [0.1, 0.15) is 12.4 Å². The summed E-state index contributed by atoms with van der Waals surface area (Å²) >= 11 is 0. The molecule has 3 heterocycles. The van der Waals surface area contributed by atoms with Gasteiger partial charge in [-0.15, -0.1) is 0 Å². The molecule has 2 aromatic rings. The number of carbonyl (C=O) groups is 1. The van der Waals surface area contributed by atoms with Crippen molar-refractivity contribution in [3.8, 4) is 0 Å². The number of hydrogen-bond acceptors (Lipinski definition) is 4. The molecular weight excluding hydrogens is 394 g/mol. The number of pyridine rings is 1. The summed E-state index contributed by atoms with van der Waals surface area (Å²) in [6.07, 6.45) is 3.30. The third kappa shape index (κ3) is 5.71. The molecule has 0 amide bonds. The Kier molecular flexibility index (Phi) is 7.04. The van der Waals surface area contributed by atoms with Crippen molar-refractivity contribution in [2.75, 3.05) is 19.7 Å². The highest BCUT2D eigenvalue weighted by Crippen LogP contribution is 2.28. The molecule has 0 bridgehead atoms. The van der Waals surface area contributed by atoms with E-state index in [-0.39, 0.29) is 5.69 Å². The van der Waals surface area contributed by atoms with Crippen molar-refractivity contribution in [1.82, 2.24) is 14.5 Å². The second kappa shape index (κ2) is 9.20. The van der Waals surface area contributed by atoms with E-state index < -0.39 is 14.0 Å². The highest BCUT2D eigenvalue weighted by Gasteiger charge is 2.24. The molecule has 2 atom stereocenters. The van der Waals surface area contributed by atoms with E-state index in [1.54, 1.807) is 6.07 Å². The van der Waals surface area contributed by atoms with Gasteiger partial charge in [-0.1, -0.05) is 33.5 Å². The fourth-order valence-electron chi connectivity index (χ4n) is 4.58. The third-order valence-electron chi connectivity index (χ3n) is 5.87. The number of hydrogen-bond donors (Lipinski definition) is 1. The van der Waals surface area contributed by atoms with Crippen LogP contribution in [0.1, 0.15) is 41.9 Å². The minimum Gasteiger partial charge on any atom is -0.477 e. The second-order valence-corrected chi connectivity index (χ2v) is 16.1. The van der Waals surface area contributed by atoms with E-state index in [0.29, 0.717) is 18.6 Å². The smallest absolute Gasteiger partial charge is 0.354 e. The first-order valence-corrected chi connectivity index (χ1v) is 14.8. The maximum atomic E-state index is 11.7. The molecule has 2 aromatic heterocycles. The second-order valence-electron chi connectivity index (χ2n) is 10.4. The van der Waals surface area contributed by atoms with Gasteiger partial charge in [-0.05, 0) is 48.4 Å². The summed E-state index contributed by atoms with van der Waals surface area (Å²) in [5.41, 5.74) is 3.92. The molecule has 0 aromatic carbocycles. The Bertz CT molecular complexity index is 893. The third-order valence-corrected chi connectivity index (χ3v) is 7.57. The largest absolute Gasteiger partial charge is 0.477 e. The summed E-state index contributed by atoms with van der Waals surface area (Å²) in [6, 6.07) is 2.88. The SMILES string of the molecule is Cc1cn(COCC[Si](C)(C)C)c2c(CN3C[C@H](C)C[C@H](C)C3)cc(C(=O)O)nc12. The van der Waals surface area contributed by atoms with Crippen LogP contribution in [0.5, 0.6) is 0 Å². The lowest BCUT2D eigenvalue weighted by Crippen LogP contribution is -2.38. The number of fused-ring (bicyclic) bond motifs is 1. The number of ether oxygens (including phenoxy) is 1. The standard InChI is InChI=1S/C23H37N3O3Si/c1-16-9-17(2)12-25(11-16)14-19-10-20(23(27)28)24-21-18(3)13-26(22(19)21)15-29-7-8-30(4,5)6/h10,13,16-17H,7-9,11-12,14-15H2,1-6H3,(H,27,28)/t16-,17+. The van der Waals surface area contributed by atoms with Crippen LogP contribution in [0.3, 0.4) is 0 Å². The van der Waals surface area contributed by atoms with Crippen LogP contribution in [0.15, 0.2) is 12.3 Å². The Morgan fingerprint density at radius 2 is 1.93 bits per heavy atom. The Balaban J connectivity index is 1.91. The number of aromatic nitrogens is 2. The average molecular weight is 432 g/mol. The van der Waals surface area contributed by atoms with Crippen LogP contribution >= 0.6 is 0 Å². The molecule has 0 spiro atoms. The fraction of sp³-hybridized carbons (Fsp3) is 0.652. The zero-order chi connectivity index (χ0) is 22.1. The van der Waals surface area contributed by atoms with Crippen LogP contribution in [-0.4, -0.2) is 53.3 Å². The van der Waals surface area contributed by atoms with Crippen molar-refractivity contribution in [2.24, 2.45) is 11.8 Å². The van der Waals surface area contributed by atoms with Gasteiger partial charge in [-0.25, -0.2) is 9.78 Å². The zero-order valence-corrected chi connectivity index (χ0v) is 20.4. The molecule has 166 valence electrons. The van der Waals surface area contributed by atoms with Crippen molar-refractivity contribution in [3.63, 3.8) is 0 Å². The van der Waals surface area contributed by atoms with Gasteiger partial charge in [0.05, 0.1) is 11.0 Å². The molecule has 7 heteroatoms. The molecular formula is C23H37N3O3Si. The molecule has 0 aliphatic carbocycles. The van der Waals surface area contributed by atoms with E-state index in [4.69, 9.17) is 4.74 Å². The molecule has 1 aliphatic heterocycles. The van der Waals surface area contributed by atoms with E-state index in [2.05, 4.69) is 47.9 Å². The van der Waals surface area contributed by atoms with Gasteiger partial charge in [0, 0.05) is 40.5 Å². The Hall–Kier alpha value is -1.70. The zero-order valence-electron chi connectivity index (χ0n) is 19.4. The highest BCUT2D eigenvalue weighted by atomic mass is 28.3. The topological polar surface area (TPSA) is 67.6 Å². The summed E-state index contributed by atoms with van der Waals surface area (Å²) in [6.45, 7) is 17.7. The van der Waals surface area contributed by atoms with Crippen LogP contribution in [0.2, 0.25) is 25.7 Å². The summed E-state index contributed by atoms with van der Waals surface area (Å²) in [7, 11) is -1.14.